The van der Waals surface area contributed by atoms with Crippen molar-refractivity contribution in [1.82, 2.24) is 4.98 Å². The molecule has 0 spiro atoms. The number of carbonyl (C=O) groups excluding carboxylic acids is 1. The minimum absolute atomic E-state index is 0.280. The summed E-state index contributed by atoms with van der Waals surface area (Å²) in [6.45, 7) is 0. The lowest BCUT2D eigenvalue weighted by molar-refractivity contribution is 0.0993. The van der Waals surface area contributed by atoms with Crippen molar-refractivity contribution in [3.05, 3.63) is 64.5 Å². The Kier molecular flexibility index (Phi) is 3.06. The predicted molar refractivity (Wildman–Crippen MR) is 76.0 cm³/mol. The van der Waals surface area contributed by atoms with Gasteiger partial charge < -0.3 is 14.3 Å². The Bertz CT molecular complexity index is 865. The number of hydrogen-bond acceptors (Lipinski definition) is 3. The van der Waals surface area contributed by atoms with Crippen molar-refractivity contribution in [3.8, 4) is 0 Å². The molecule has 2 aromatic heterocycles. The van der Waals surface area contributed by atoms with Crippen LogP contribution in [0.1, 0.15) is 10.4 Å². The molecule has 1 N–H and O–H groups in total. The third kappa shape index (κ3) is 2.31. The first-order valence-electron chi connectivity index (χ1n) is 6.20. The zero-order valence-corrected chi connectivity index (χ0v) is 11.1. The molecule has 0 fully saturated rings. The summed E-state index contributed by atoms with van der Waals surface area (Å²) in [5.41, 5.74) is 0.927. The van der Waals surface area contributed by atoms with Gasteiger partial charge in [0, 0.05) is 30.4 Å². The Labute approximate surface area is 118 Å². The first kappa shape index (κ1) is 13.1. The molecule has 106 valence electrons. The first-order valence-corrected chi connectivity index (χ1v) is 6.20. The van der Waals surface area contributed by atoms with Gasteiger partial charge in [0.15, 0.2) is 5.58 Å². The van der Waals surface area contributed by atoms with Gasteiger partial charge in [0.1, 0.15) is 12.1 Å². The van der Waals surface area contributed by atoms with Crippen LogP contribution in [0, 0.1) is 5.82 Å². The number of fused-ring (bicyclic) bond motifs is 1. The molecule has 0 unspecified atom stereocenters. The number of halogens is 1. The molecule has 3 rings (SSSR count). The number of anilines is 1. The van der Waals surface area contributed by atoms with Crippen LogP contribution in [0.25, 0.3) is 11.0 Å². The maximum Gasteiger partial charge on any atom is 0.261 e. The van der Waals surface area contributed by atoms with Crippen LogP contribution in [0.5, 0.6) is 0 Å². The van der Waals surface area contributed by atoms with Gasteiger partial charge in [0.2, 0.25) is 5.56 Å². The number of pyridine rings is 1. The maximum absolute atomic E-state index is 12.9. The second-order valence-corrected chi connectivity index (χ2v) is 4.57. The summed E-state index contributed by atoms with van der Waals surface area (Å²) in [6, 6.07) is 6.86. The number of benzene rings is 1. The quantitative estimate of drug-likeness (QED) is 0.787. The Hall–Kier alpha value is -2.89. The van der Waals surface area contributed by atoms with Crippen molar-refractivity contribution in [2.75, 3.05) is 11.9 Å². The minimum atomic E-state index is -0.375. The van der Waals surface area contributed by atoms with E-state index in [4.69, 9.17) is 4.42 Å². The van der Waals surface area contributed by atoms with E-state index in [1.807, 2.05) is 0 Å². The highest BCUT2D eigenvalue weighted by Gasteiger charge is 2.19. The van der Waals surface area contributed by atoms with Crippen LogP contribution in [0.3, 0.4) is 0 Å². The number of aromatic nitrogens is 1. The molecule has 0 bridgehead atoms. The Morgan fingerprint density at radius 2 is 2.00 bits per heavy atom. The number of H-pyrrole nitrogens is 1. The summed E-state index contributed by atoms with van der Waals surface area (Å²) in [5.74, 6) is -0.717. The summed E-state index contributed by atoms with van der Waals surface area (Å²) in [4.78, 5) is 27.7. The monoisotopic (exact) mass is 286 g/mol. The smallest absolute Gasteiger partial charge is 0.261 e. The minimum Gasteiger partial charge on any atom is -0.462 e. The van der Waals surface area contributed by atoms with E-state index in [1.54, 1.807) is 7.05 Å². The van der Waals surface area contributed by atoms with Crippen molar-refractivity contribution in [3.63, 3.8) is 0 Å². The van der Waals surface area contributed by atoms with Gasteiger partial charge in [-0.15, -0.1) is 0 Å². The molecule has 1 amide bonds. The zero-order chi connectivity index (χ0) is 15.0. The van der Waals surface area contributed by atoms with Gasteiger partial charge in [0.25, 0.3) is 5.91 Å². The second-order valence-electron chi connectivity index (χ2n) is 4.57. The fourth-order valence-electron chi connectivity index (χ4n) is 2.08. The Morgan fingerprint density at radius 1 is 1.29 bits per heavy atom. The van der Waals surface area contributed by atoms with Gasteiger partial charge in [-0.2, -0.15) is 0 Å². The average molecular weight is 286 g/mol. The van der Waals surface area contributed by atoms with E-state index >= 15 is 0 Å². The average Bonchev–Trinajstić information content (AvgIpc) is 2.89. The summed E-state index contributed by atoms with van der Waals surface area (Å²) in [5, 5.41) is 0.442. The van der Waals surface area contributed by atoms with Crippen LogP contribution in [-0.2, 0) is 0 Å². The van der Waals surface area contributed by atoms with Crippen molar-refractivity contribution >= 4 is 22.6 Å². The normalized spacial score (nSPS) is 10.8. The third-order valence-corrected chi connectivity index (χ3v) is 3.23. The molecule has 0 aliphatic heterocycles. The molecular weight excluding hydrogens is 275 g/mol. The summed E-state index contributed by atoms with van der Waals surface area (Å²) >= 11 is 0. The number of nitrogens with one attached hydrogen (secondary N) is 1. The van der Waals surface area contributed by atoms with Crippen LogP contribution in [0.15, 0.2) is 52.0 Å². The fourth-order valence-corrected chi connectivity index (χ4v) is 2.08. The lowest BCUT2D eigenvalue weighted by atomic mass is 10.2. The molecule has 0 aliphatic carbocycles. The number of aromatic amines is 1. The Morgan fingerprint density at radius 3 is 2.71 bits per heavy atom. The topological polar surface area (TPSA) is 66.3 Å². The van der Waals surface area contributed by atoms with E-state index in [1.165, 1.54) is 47.7 Å². The number of amides is 1. The number of furan rings is 1. The maximum atomic E-state index is 12.9. The standard InChI is InChI=1S/C15H11FN2O3/c1-18(10-4-2-9(16)3-5-10)15(20)12-8-21-13-7-17-14(19)6-11(12)13/h2-8H,1H3,(H,17,19). The van der Waals surface area contributed by atoms with Crippen LogP contribution >= 0.6 is 0 Å². The molecular formula is C15H11FN2O3. The fraction of sp³-hybridized carbons (Fsp3) is 0.0667. The molecule has 21 heavy (non-hydrogen) atoms. The molecule has 0 saturated carbocycles. The summed E-state index contributed by atoms with van der Waals surface area (Å²) in [7, 11) is 1.57. The number of nitrogens with zero attached hydrogens (tertiary/aromatic N) is 1. The van der Waals surface area contributed by atoms with Crippen molar-refractivity contribution < 1.29 is 13.6 Å². The van der Waals surface area contributed by atoms with Crippen LogP contribution in [-0.4, -0.2) is 17.9 Å². The van der Waals surface area contributed by atoms with E-state index < -0.39 is 0 Å². The van der Waals surface area contributed by atoms with Gasteiger partial charge in [-0.3, -0.25) is 9.59 Å². The van der Waals surface area contributed by atoms with Crippen LogP contribution in [0.4, 0.5) is 10.1 Å². The number of hydrogen-bond donors (Lipinski definition) is 1. The number of carbonyl (C=O) groups is 1. The third-order valence-electron chi connectivity index (χ3n) is 3.23. The van der Waals surface area contributed by atoms with E-state index in [-0.39, 0.29) is 22.8 Å². The van der Waals surface area contributed by atoms with E-state index in [0.717, 1.165) is 0 Å². The van der Waals surface area contributed by atoms with Gasteiger partial charge in [-0.1, -0.05) is 0 Å². The van der Waals surface area contributed by atoms with Gasteiger partial charge in [-0.05, 0) is 24.3 Å². The highest BCUT2D eigenvalue weighted by Crippen LogP contribution is 2.22. The highest BCUT2D eigenvalue weighted by molar-refractivity contribution is 6.13. The van der Waals surface area contributed by atoms with Gasteiger partial charge in [0.05, 0.1) is 5.56 Å². The van der Waals surface area contributed by atoms with Crippen LogP contribution in [0.2, 0.25) is 0 Å². The second kappa shape index (κ2) is 4.90. The zero-order valence-electron chi connectivity index (χ0n) is 11.1. The predicted octanol–water partition coefficient (Wildman–Crippen LogP) is 2.54. The highest BCUT2D eigenvalue weighted by atomic mass is 19.1. The molecule has 0 atom stereocenters. The van der Waals surface area contributed by atoms with Gasteiger partial charge in [-0.25, -0.2) is 4.39 Å². The first-order chi connectivity index (χ1) is 10.1. The molecule has 0 aliphatic rings. The molecule has 5 nitrogen and oxygen atoms in total. The molecule has 6 heteroatoms. The molecule has 3 aromatic rings. The van der Waals surface area contributed by atoms with Gasteiger partial charge >= 0.3 is 0 Å². The molecule has 1 aromatic carbocycles. The lowest BCUT2D eigenvalue weighted by Crippen LogP contribution is -2.26. The SMILES string of the molecule is CN(C(=O)c1coc2c[nH]c(=O)cc12)c1ccc(F)cc1. The number of rotatable bonds is 2. The molecule has 0 saturated heterocycles. The van der Waals surface area contributed by atoms with Crippen molar-refractivity contribution in [2.45, 2.75) is 0 Å². The van der Waals surface area contributed by atoms with E-state index in [0.29, 0.717) is 16.7 Å². The summed E-state index contributed by atoms with van der Waals surface area (Å²) in [6.07, 6.45) is 2.71. The van der Waals surface area contributed by atoms with E-state index in [9.17, 15) is 14.0 Å². The summed E-state index contributed by atoms with van der Waals surface area (Å²) < 4.78 is 18.2. The molecule has 2 heterocycles. The van der Waals surface area contributed by atoms with Crippen molar-refractivity contribution in [1.29, 1.82) is 0 Å². The van der Waals surface area contributed by atoms with Crippen LogP contribution < -0.4 is 10.5 Å². The lowest BCUT2D eigenvalue weighted by Gasteiger charge is -2.16. The molecule has 0 radical (unpaired) electrons. The van der Waals surface area contributed by atoms with Crippen molar-refractivity contribution in [2.24, 2.45) is 0 Å². The van der Waals surface area contributed by atoms with E-state index in [2.05, 4.69) is 4.98 Å². The largest absolute Gasteiger partial charge is 0.462 e. The Balaban J connectivity index is 2.02.